The van der Waals surface area contributed by atoms with E-state index in [0.29, 0.717) is 0 Å². The van der Waals surface area contributed by atoms with Gasteiger partial charge in [-0.3, -0.25) is 19.2 Å². The second-order valence-corrected chi connectivity index (χ2v) is 9.29. The number of rotatable bonds is 6. The zero-order valence-electron chi connectivity index (χ0n) is 15.5. The minimum Gasteiger partial charge on any atom is -0.350 e. The van der Waals surface area contributed by atoms with E-state index in [1.807, 2.05) is 0 Å². The molecular formula is C18H20ClN3O5S. The minimum absolute atomic E-state index is 0.180. The Morgan fingerprint density at radius 1 is 1.18 bits per heavy atom. The average Bonchev–Trinajstić information content (AvgIpc) is 2.58. The van der Waals surface area contributed by atoms with Gasteiger partial charge in [-0.2, -0.15) is 0 Å². The zero-order chi connectivity index (χ0) is 21.1. The Labute approximate surface area is 168 Å². The molecule has 0 aliphatic heterocycles. The predicted octanol–water partition coefficient (Wildman–Crippen LogP) is 3.36. The summed E-state index contributed by atoms with van der Waals surface area (Å²) in [6, 6.07) is 11.2. The standard InChI is InChI=1S/C18H20ClN3O5S/c1-18(2,3)20-17(23)12-21(13-7-5-4-6-8-13)28(26,27)14-9-10-15(19)16(11-14)22(24)25/h4-11H,12H2,1-3H3,(H,20,23). The predicted molar refractivity (Wildman–Crippen MR) is 107 cm³/mol. The monoisotopic (exact) mass is 425 g/mol. The Balaban J connectivity index is 2.52. The van der Waals surface area contributed by atoms with Crippen LogP contribution < -0.4 is 9.62 Å². The lowest BCUT2D eigenvalue weighted by atomic mass is 10.1. The smallest absolute Gasteiger partial charge is 0.289 e. The van der Waals surface area contributed by atoms with E-state index in [9.17, 15) is 23.3 Å². The van der Waals surface area contributed by atoms with Gasteiger partial charge in [0.25, 0.3) is 15.7 Å². The van der Waals surface area contributed by atoms with E-state index in [-0.39, 0.29) is 15.6 Å². The van der Waals surface area contributed by atoms with Crippen molar-refractivity contribution in [3.8, 4) is 0 Å². The Kier molecular flexibility index (Phi) is 6.30. The SMILES string of the molecule is CC(C)(C)NC(=O)CN(c1ccccc1)S(=O)(=O)c1ccc(Cl)c([N+](=O)[O-])c1. The van der Waals surface area contributed by atoms with Gasteiger partial charge in [0.1, 0.15) is 11.6 Å². The summed E-state index contributed by atoms with van der Waals surface area (Å²) in [5, 5.41) is 13.7. The van der Waals surface area contributed by atoms with Crippen molar-refractivity contribution >= 4 is 38.9 Å². The molecule has 1 N–H and O–H groups in total. The molecule has 0 heterocycles. The molecule has 0 saturated carbocycles. The number of anilines is 1. The molecule has 0 aliphatic carbocycles. The maximum Gasteiger partial charge on any atom is 0.289 e. The summed E-state index contributed by atoms with van der Waals surface area (Å²) in [6.07, 6.45) is 0. The van der Waals surface area contributed by atoms with Crippen molar-refractivity contribution in [3.05, 3.63) is 63.7 Å². The van der Waals surface area contributed by atoms with Crippen molar-refractivity contribution in [2.75, 3.05) is 10.8 Å². The van der Waals surface area contributed by atoms with Crippen LogP contribution in [0.3, 0.4) is 0 Å². The second-order valence-electron chi connectivity index (χ2n) is 7.02. The molecular weight excluding hydrogens is 406 g/mol. The van der Waals surface area contributed by atoms with Gasteiger partial charge in [0.2, 0.25) is 5.91 Å². The fourth-order valence-electron chi connectivity index (χ4n) is 2.42. The summed E-state index contributed by atoms with van der Waals surface area (Å²) >= 11 is 5.78. The number of benzene rings is 2. The van der Waals surface area contributed by atoms with Gasteiger partial charge in [0.05, 0.1) is 15.5 Å². The molecule has 0 aliphatic rings. The molecule has 2 aromatic carbocycles. The van der Waals surface area contributed by atoms with Crippen LogP contribution in [-0.4, -0.2) is 31.3 Å². The van der Waals surface area contributed by atoms with Crippen molar-refractivity contribution in [3.63, 3.8) is 0 Å². The fraction of sp³-hybridized carbons (Fsp3) is 0.278. The average molecular weight is 426 g/mol. The lowest BCUT2D eigenvalue weighted by Gasteiger charge is -2.27. The van der Waals surface area contributed by atoms with Crippen LogP contribution in [0.2, 0.25) is 5.02 Å². The van der Waals surface area contributed by atoms with Crippen LogP contribution in [0.25, 0.3) is 0 Å². The molecule has 2 aromatic rings. The summed E-state index contributed by atoms with van der Waals surface area (Å²) in [7, 11) is -4.27. The molecule has 8 nitrogen and oxygen atoms in total. The Hall–Kier alpha value is -2.65. The third kappa shape index (κ3) is 5.20. The molecule has 10 heteroatoms. The van der Waals surface area contributed by atoms with E-state index < -0.39 is 38.6 Å². The summed E-state index contributed by atoms with van der Waals surface area (Å²) < 4.78 is 27.3. The van der Waals surface area contributed by atoms with Gasteiger partial charge in [-0.15, -0.1) is 0 Å². The van der Waals surface area contributed by atoms with Crippen molar-refractivity contribution < 1.29 is 18.1 Å². The molecule has 1 amide bonds. The second kappa shape index (κ2) is 8.15. The van der Waals surface area contributed by atoms with Gasteiger partial charge >= 0.3 is 0 Å². The van der Waals surface area contributed by atoms with Crippen LogP contribution in [0, 0.1) is 10.1 Å². The maximum atomic E-state index is 13.2. The minimum atomic E-state index is -4.27. The number of para-hydroxylation sites is 1. The molecule has 0 bridgehead atoms. The first-order valence-corrected chi connectivity index (χ1v) is 10.1. The van der Waals surface area contributed by atoms with Crippen LogP contribution in [0.5, 0.6) is 0 Å². The largest absolute Gasteiger partial charge is 0.350 e. The lowest BCUT2D eigenvalue weighted by Crippen LogP contribution is -2.47. The highest BCUT2D eigenvalue weighted by Crippen LogP contribution is 2.30. The van der Waals surface area contributed by atoms with Gasteiger partial charge in [0.15, 0.2) is 0 Å². The Morgan fingerprint density at radius 3 is 2.32 bits per heavy atom. The summed E-state index contributed by atoms with van der Waals surface area (Å²) in [5.41, 5.74) is -0.832. The quantitative estimate of drug-likeness (QED) is 0.563. The first-order valence-electron chi connectivity index (χ1n) is 8.24. The maximum absolute atomic E-state index is 13.2. The highest BCUT2D eigenvalue weighted by molar-refractivity contribution is 7.92. The molecule has 0 fully saturated rings. The van der Waals surface area contributed by atoms with Gasteiger partial charge in [-0.25, -0.2) is 8.42 Å². The summed E-state index contributed by atoms with van der Waals surface area (Å²) in [5.74, 6) is -0.511. The van der Waals surface area contributed by atoms with Crippen LogP contribution in [0.4, 0.5) is 11.4 Å². The number of halogens is 1. The Bertz CT molecular complexity index is 988. The molecule has 0 aromatic heterocycles. The van der Waals surface area contributed by atoms with E-state index in [1.54, 1.807) is 39.0 Å². The Morgan fingerprint density at radius 2 is 1.79 bits per heavy atom. The molecule has 0 saturated heterocycles. The number of hydrogen-bond donors (Lipinski definition) is 1. The first-order chi connectivity index (χ1) is 12.9. The molecule has 2 rings (SSSR count). The fourth-order valence-corrected chi connectivity index (χ4v) is 4.05. The number of carbonyl (C=O) groups is 1. The number of sulfonamides is 1. The molecule has 0 radical (unpaired) electrons. The number of nitrogens with one attached hydrogen (secondary N) is 1. The van der Waals surface area contributed by atoms with Crippen molar-refractivity contribution in [2.45, 2.75) is 31.2 Å². The topological polar surface area (TPSA) is 110 Å². The molecule has 0 atom stereocenters. The summed E-state index contributed by atoms with van der Waals surface area (Å²) in [4.78, 5) is 22.4. The van der Waals surface area contributed by atoms with Gasteiger partial charge in [0, 0.05) is 11.6 Å². The van der Waals surface area contributed by atoms with Crippen molar-refractivity contribution in [2.24, 2.45) is 0 Å². The van der Waals surface area contributed by atoms with E-state index in [1.165, 1.54) is 18.2 Å². The van der Waals surface area contributed by atoms with Crippen LogP contribution in [0.15, 0.2) is 53.4 Å². The highest BCUT2D eigenvalue weighted by Gasteiger charge is 2.30. The number of amides is 1. The summed E-state index contributed by atoms with van der Waals surface area (Å²) in [6.45, 7) is 4.83. The number of nitro groups is 1. The van der Waals surface area contributed by atoms with E-state index in [4.69, 9.17) is 11.6 Å². The number of nitrogens with zero attached hydrogens (tertiary/aromatic N) is 2. The highest BCUT2D eigenvalue weighted by atomic mass is 35.5. The number of nitro benzene ring substituents is 1. The van der Waals surface area contributed by atoms with Crippen LogP contribution in [0.1, 0.15) is 20.8 Å². The lowest BCUT2D eigenvalue weighted by molar-refractivity contribution is -0.384. The van der Waals surface area contributed by atoms with Gasteiger partial charge < -0.3 is 5.32 Å². The van der Waals surface area contributed by atoms with Crippen LogP contribution in [-0.2, 0) is 14.8 Å². The third-order valence-corrected chi connectivity index (χ3v) is 5.64. The van der Waals surface area contributed by atoms with Gasteiger partial charge in [-0.05, 0) is 45.0 Å². The first kappa shape index (κ1) is 21.6. The molecule has 28 heavy (non-hydrogen) atoms. The van der Waals surface area contributed by atoms with E-state index in [0.717, 1.165) is 16.4 Å². The van der Waals surface area contributed by atoms with E-state index >= 15 is 0 Å². The molecule has 0 spiro atoms. The number of carbonyl (C=O) groups excluding carboxylic acids is 1. The molecule has 0 unspecified atom stereocenters. The van der Waals surface area contributed by atoms with Crippen molar-refractivity contribution in [1.29, 1.82) is 0 Å². The van der Waals surface area contributed by atoms with Crippen LogP contribution >= 0.6 is 11.6 Å². The third-order valence-electron chi connectivity index (χ3n) is 3.55. The number of hydrogen-bond acceptors (Lipinski definition) is 5. The van der Waals surface area contributed by atoms with E-state index in [2.05, 4.69) is 5.32 Å². The zero-order valence-corrected chi connectivity index (χ0v) is 17.1. The molecule has 150 valence electrons. The normalized spacial score (nSPS) is 11.7. The van der Waals surface area contributed by atoms with Crippen molar-refractivity contribution in [1.82, 2.24) is 5.32 Å². The van der Waals surface area contributed by atoms with Gasteiger partial charge in [-0.1, -0.05) is 29.8 Å².